The summed E-state index contributed by atoms with van der Waals surface area (Å²) in [6.07, 6.45) is 1.88. The van der Waals surface area contributed by atoms with Crippen molar-refractivity contribution in [2.45, 2.75) is 26.4 Å². The Morgan fingerprint density at radius 3 is 2.64 bits per heavy atom. The van der Waals surface area contributed by atoms with Crippen LogP contribution in [-0.4, -0.2) is 24.8 Å². The quantitative estimate of drug-likeness (QED) is 0.530. The average molecular weight is 405 g/mol. The van der Waals surface area contributed by atoms with Crippen molar-refractivity contribution in [3.05, 3.63) is 58.6 Å². The Bertz CT molecular complexity index is 717. The molecule has 6 heteroatoms. The second-order valence-corrected chi connectivity index (χ2v) is 6.20. The number of carbonyl (C=O) groups excluding carboxylic acids is 1. The third-order valence-electron chi connectivity index (χ3n) is 3.25. The van der Waals surface area contributed by atoms with E-state index in [9.17, 15) is 4.79 Å². The van der Waals surface area contributed by atoms with Crippen molar-refractivity contribution in [2.24, 2.45) is 5.10 Å². The highest BCUT2D eigenvalue weighted by molar-refractivity contribution is 9.10. The van der Waals surface area contributed by atoms with Gasteiger partial charge in [0, 0.05) is 0 Å². The lowest BCUT2D eigenvalue weighted by atomic mass is 10.2. The molecule has 0 fully saturated rings. The highest BCUT2D eigenvalue weighted by atomic mass is 79.9. The van der Waals surface area contributed by atoms with Crippen molar-refractivity contribution >= 4 is 28.1 Å². The number of rotatable bonds is 8. The van der Waals surface area contributed by atoms with Gasteiger partial charge in [-0.25, -0.2) is 5.43 Å². The molecule has 0 radical (unpaired) electrons. The molecule has 0 aromatic heterocycles. The third-order valence-corrected chi connectivity index (χ3v) is 3.91. The molecule has 0 spiro atoms. The monoisotopic (exact) mass is 404 g/mol. The Labute approximate surface area is 156 Å². The van der Waals surface area contributed by atoms with E-state index >= 15 is 0 Å². The maximum absolute atomic E-state index is 12.0. The van der Waals surface area contributed by atoms with Crippen LogP contribution in [0.5, 0.6) is 11.5 Å². The average Bonchev–Trinajstić information content (AvgIpc) is 2.62. The molecule has 0 bridgehead atoms. The van der Waals surface area contributed by atoms with Crippen LogP contribution in [0.4, 0.5) is 0 Å². The van der Waals surface area contributed by atoms with Crippen LogP contribution in [0.15, 0.2) is 58.1 Å². The predicted octanol–water partition coefficient (Wildman–Crippen LogP) is 4.16. The van der Waals surface area contributed by atoms with E-state index in [0.717, 1.165) is 22.2 Å². The fraction of sp³-hybridized carbons (Fsp3) is 0.263. The molecule has 25 heavy (non-hydrogen) atoms. The van der Waals surface area contributed by atoms with E-state index in [0.29, 0.717) is 12.4 Å². The van der Waals surface area contributed by atoms with Crippen molar-refractivity contribution in [1.82, 2.24) is 5.43 Å². The maximum atomic E-state index is 12.0. The number of ether oxygens (including phenoxy) is 2. The predicted molar refractivity (Wildman–Crippen MR) is 102 cm³/mol. The first kappa shape index (κ1) is 19.0. The van der Waals surface area contributed by atoms with Crippen LogP contribution in [0.3, 0.4) is 0 Å². The van der Waals surface area contributed by atoms with Gasteiger partial charge in [0.05, 0.1) is 17.3 Å². The van der Waals surface area contributed by atoms with Gasteiger partial charge < -0.3 is 9.47 Å². The molecule has 2 aromatic rings. The Morgan fingerprint density at radius 2 is 1.96 bits per heavy atom. The van der Waals surface area contributed by atoms with Gasteiger partial charge in [-0.2, -0.15) is 5.10 Å². The molecule has 0 aliphatic rings. The summed E-state index contributed by atoms with van der Waals surface area (Å²) in [6, 6.07) is 14.9. The van der Waals surface area contributed by atoms with Crippen molar-refractivity contribution in [3.8, 4) is 11.5 Å². The first-order valence-electron chi connectivity index (χ1n) is 8.07. The Kier molecular flexibility index (Phi) is 7.47. The summed E-state index contributed by atoms with van der Waals surface area (Å²) >= 11 is 3.38. The van der Waals surface area contributed by atoms with Crippen LogP contribution >= 0.6 is 15.9 Å². The molecule has 2 aromatic carbocycles. The lowest BCUT2D eigenvalue weighted by molar-refractivity contribution is -0.127. The van der Waals surface area contributed by atoms with Gasteiger partial charge >= 0.3 is 0 Å². The zero-order valence-electron chi connectivity index (χ0n) is 14.2. The van der Waals surface area contributed by atoms with Crippen LogP contribution in [0.2, 0.25) is 0 Å². The largest absolute Gasteiger partial charge is 0.494 e. The minimum atomic E-state index is -0.666. The van der Waals surface area contributed by atoms with Gasteiger partial charge in [-0.05, 0) is 71.2 Å². The van der Waals surface area contributed by atoms with Crippen molar-refractivity contribution < 1.29 is 14.3 Å². The van der Waals surface area contributed by atoms with Gasteiger partial charge in [0.25, 0.3) is 5.91 Å². The van der Waals surface area contributed by atoms with E-state index in [1.807, 2.05) is 42.5 Å². The van der Waals surface area contributed by atoms with Crippen molar-refractivity contribution in [1.29, 1.82) is 0 Å². The number of nitrogens with one attached hydrogen (secondary N) is 1. The van der Waals surface area contributed by atoms with Crippen LogP contribution < -0.4 is 14.9 Å². The van der Waals surface area contributed by atoms with Crippen LogP contribution in [0, 0.1) is 0 Å². The fourth-order valence-corrected chi connectivity index (χ4v) is 2.29. The van der Waals surface area contributed by atoms with E-state index in [4.69, 9.17) is 9.47 Å². The summed E-state index contributed by atoms with van der Waals surface area (Å²) in [5.41, 5.74) is 3.34. The minimum Gasteiger partial charge on any atom is -0.494 e. The number of hydrogen-bond donors (Lipinski definition) is 1. The number of hydrazone groups is 1. The van der Waals surface area contributed by atoms with Gasteiger partial charge in [0.2, 0.25) is 0 Å². The maximum Gasteiger partial charge on any atom is 0.280 e. The molecule has 0 aliphatic carbocycles. The molecule has 1 unspecified atom stereocenters. The molecular weight excluding hydrogens is 384 g/mol. The normalized spacial score (nSPS) is 12.0. The number of hydrogen-bond acceptors (Lipinski definition) is 4. The molecule has 0 saturated carbocycles. The van der Waals surface area contributed by atoms with Crippen LogP contribution in [0.1, 0.15) is 25.8 Å². The summed E-state index contributed by atoms with van der Waals surface area (Å²) in [6.45, 7) is 4.42. The standard InChI is InChI=1S/C19H21BrN2O3/c1-3-12-24-16-10-8-15(9-11-16)13-21-22-19(23)14(2)25-18-7-5-4-6-17(18)20/h4-11,13-14H,3,12H2,1-2H3,(H,22,23). The Balaban J connectivity index is 1.84. The molecule has 1 amide bonds. The van der Waals surface area contributed by atoms with E-state index in [-0.39, 0.29) is 5.91 Å². The van der Waals surface area contributed by atoms with Crippen LogP contribution in [0.25, 0.3) is 0 Å². The SMILES string of the molecule is CCCOc1ccc(C=NNC(=O)C(C)Oc2ccccc2Br)cc1. The second-order valence-electron chi connectivity index (χ2n) is 5.34. The van der Waals surface area contributed by atoms with Crippen molar-refractivity contribution in [3.63, 3.8) is 0 Å². The van der Waals surface area contributed by atoms with Crippen molar-refractivity contribution in [2.75, 3.05) is 6.61 Å². The lowest BCUT2D eigenvalue weighted by Gasteiger charge is -2.13. The Morgan fingerprint density at radius 1 is 1.24 bits per heavy atom. The molecule has 132 valence electrons. The minimum absolute atomic E-state index is 0.324. The number of carbonyl (C=O) groups is 1. The Hall–Kier alpha value is -2.34. The van der Waals surface area contributed by atoms with E-state index < -0.39 is 6.10 Å². The third kappa shape index (κ3) is 6.23. The van der Waals surface area contributed by atoms with Crippen LogP contribution in [-0.2, 0) is 4.79 Å². The molecule has 5 nitrogen and oxygen atoms in total. The molecule has 1 atom stereocenters. The number of nitrogens with zero attached hydrogens (tertiary/aromatic N) is 1. The summed E-state index contributed by atoms with van der Waals surface area (Å²) in [4.78, 5) is 12.0. The second kappa shape index (κ2) is 9.84. The van der Waals surface area contributed by atoms with E-state index in [1.54, 1.807) is 19.2 Å². The van der Waals surface area contributed by atoms with E-state index in [1.165, 1.54) is 0 Å². The highest BCUT2D eigenvalue weighted by Crippen LogP contribution is 2.24. The fourth-order valence-electron chi connectivity index (χ4n) is 1.92. The molecule has 1 N–H and O–H groups in total. The number of benzene rings is 2. The summed E-state index contributed by atoms with van der Waals surface area (Å²) < 4.78 is 11.9. The zero-order chi connectivity index (χ0) is 18.1. The molecule has 2 rings (SSSR count). The van der Waals surface area contributed by atoms with Gasteiger partial charge in [0.15, 0.2) is 6.10 Å². The summed E-state index contributed by atoms with van der Waals surface area (Å²) in [5, 5.41) is 3.96. The zero-order valence-corrected chi connectivity index (χ0v) is 15.8. The molecular formula is C19H21BrN2O3. The summed E-state index contributed by atoms with van der Waals surface area (Å²) in [5.74, 6) is 1.10. The number of amides is 1. The van der Waals surface area contributed by atoms with Gasteiger partial charge in [-0.15, -0.1) is 0 Å². The number of halogens is 1. The molecule has 0 heterocycles. The smallest absolute Gasteiger partial charge is 0.280 e. The summed E-state index contributed by atoms with van der Waals surface area (Å²) in [7, 11) is 0. The first-order valence-corrected chi connectivity index (χ1v) is 8.86. The first-order chi connectivity index (χ1) is 12.1. The number of para-hydroxylation sites is 1. The van der Waals surface area contributed by atoms with Gasteiger partial charge in [-0.1, -0.05) is 19.1 Å². The topological polar surface area (TPSA) is 59.9 Å². The lowest BCUT2D eigenvalue weighted by Crippen LogP contribution is -2.33. The van der Waals surface area contributed by atoms with Gasteiger partial charge in [-0.3, -0.25) is 4.79 Å². The molecule has 0 saturated heterocycles. The van der Waals surface area contributed by atoms with Gasteiger partial charge in [0.1, 0.15) is 11.5 Å². The van der Waals surface area contributed by atoms with E-state index in [2.05, 4.69) is 33.4 Å². The molecule has 0 aliphatic heterocycles. The highest BCUT2D eigenvalue weighted by Gasteiger charge is 2.15.